The van der Waals surface area contributed by atoms with Gasteiger partial charge in [0.2, 0.25) is 0 Å². The molecule has 0 atom stereocenters. The Hall–Kier alpha value is -0.0800. The molecule has 2 saturated carbocycles. The average Bonchev–Trinajstić information content (AvgIpc) is 3.07. The topological polar surface area (TPSA) is 38.0 Å². The lowest BCUT2D eigenvalue weighted by Crippen LogP contribution is -2.44. The summed E-state index contributed by atoms with van der Waals surface area (Å²) >= 11 is 0. The van der Waals surface area contributed by atoms with Crippen LogP contribution in [0.4, 0.5) is 0 Å². The van der Waals surface area contributed by atoms with Crippen molar-refractivity contribution in [2.75, 3.05) is 13.1 Å². The van der Waals surface area contributed by atoms with Crippen LogP contribution in [0, 0.1) is 5.41 Å². The van der Waals surface area contributed by atoms with E-state index in [4.69, 9.17) is 5.73 Å². The van der Waals surface area contributed by atoms with Gasteiger partial charge in [0.15, 0.2) is 0 Å². The summed E-state index contributed by atoms with van der Waals surface area (Å²) in [6.45, 7) is 4.66. The highest BCUT2D eigenvalue weighted by Gasteiger charge is 2.40. The molecule has 2 aliphatic rings. The molecule has 0 radical (unpaired) electrons. The lowest BCUT2D eigenvalue weighted by atomic mass is 9.80. The summed E-state index contributed by atoms with van der Waals surface area (Å²) in [7, 11) is 0. The molecule has 0 aliphatic heterocycles. The second kappa shape index (κ2) is 5.71. The maximum absolute atomic E-state index is 6.44. The number of nitrogens with two attached hydrogens (primary N) is 1. The monoisotopic (exact) mass is 238 g/mol. The first-order valence-corrected chi connectivity index (χ1v) is 7.68. The average molecular weight is 238 g/mol. The summed E-state index contributed by atoms with van der Waals surface area (Å²) in [5, 5.41) is 3.67. The molecular weight excluding hydrogens is 208 g/mol. The van der Waals surface area contributed by atoms with Crippen LogP contribution in [0.15, 0.2) is 0 Å². The third kappa shape index (κ3) is 3.96. The molecule has 0 spiro atoms. The van der Waals surface area contributed by atoms with Crippen molar-refractivity contribution in [3.63, 3.8) is 0 Å². The van der Waals surface area contributed by atoms with E-state index in [1.807, 2.05) is 0 Å². The standard InChI is InChI=1S/C15H30N2/c1-2-6-14(9-10-14)13-17-12-11-15(16)7-4-3-5-8-15/h17H,2-13,16H2,1H3. The fourth-order valence-electron chi connectivity index (χ4n) is 3.42. The van der Waals surface area contributed by atoms with Crippen LogP contribution in [0.2, 0.25) is 0 Å². The van der Waals surface area contributed by atoms with Crippen molar-refractivity contribution in [3.05, 3.63) is 0 Å². The Morgan fingerprint density at radius 1 is 1.00 bits per heavy atom. The van der Waals surface area contributed by atoms with E-state index in [2.05, 4.69) is 12.2 Å². The Labute approximate surface area is 107 Å². The Morgan fingerprint density at radius 3 is 2.29 bits per heavy atom. The van der Waals surface area contributed by atoms with Gasteiger partial charge < -0.3 is 11.1 Å². The summed E-state index contributed by atoms with van der Waals surface area (Å²) in [5.74, 6) is 0. The molecule has 2 heteroatoms. The van der Waals surface area contributed by atoms with E-state index < -0.39 is 0 Å². The first-order chi connectivity index (χ1) is 8.18. The van der Waals surface area contributed by atoms with Crippen LogP contribution in [0.3, 0.4) is 0 Å². The molecule has 100 valence electrons. The highest BCUT2D eigenvalue weighted by Crippen LogP contribution is 2.48. The molecule has 0 amide bonds. The number of rotatable bonds is 7. The van der Waals surface area contributed by atoms with Crippen LogP contribution in [-0.4, -0.2) is 18.6 Å². The minimum absolute atomic E-state index is 0.159. The van der Waals surface area contributed by atoms with Gasteiger partial charge in [-0.15, -0.1) is 0 Å². The highest BCUT2D eigenvalue weighted by molar-refractivity contribution is 4.95. The van der Waals surface area contributed by atoms with Gasteiger partial charge in [0.05, 0.1) is 0 Å². The normalized spacial score (nSPS) is 25.8. The molecule has 2 aliphatic carbocycles. The van der Waals surface area contributed by atoms with E-state index >= 15 is 0 Å². The molecule has 0 bridgehead atoms. The van der Waals surface area contributed by atoms with Crippen molar-refractivity contribution in [1.29, 1.82) is 0 Å². The van der Waals surface area contributed by atoms with Crippen molar-refractivity contribution in [2.24, 2.45) is 11.1 Å². The zero-order chi connectivity index (χ0) is 12.2. The zero-order valence-electron chi connectivity index (χ0n) is 11.6. The third-order valence-electron chi connectivity index (χ3n) is 4.89. The van der Waals surface area contributed by atoms with Gasteiger partial charge in [0.25, 0.3) is 0 Å². The number of hydrogen-bond acceptors (Lipinski definition) is 2. The summed E-state index contributed by atoms with van der Waals surface area (Å²) in [6.07, 6.45) is 13.4. The van der Waals surface area contributed by atoms with Crippen LogP contribution in [0.5, 0.6) is 0 Å². The Morgan fingerprint density at radius 2 is 1.71 bits per heavy atom. The molecule has 17 heavy (non-hydrogen) atoms. The van der Waals surface area contributed by atoms with Gasteiger partial charge in [-0.3, -0.25) is 0 Å². The van der Waals surface area contributed by atoms with Gasteiger partial charge in [-0.25, -0.2) is 0 Å². The van der Waals surface area contributed by atoms with Crippen molar-refractivity contribution < 1.29 is 0 Å². The van der Waals surface area contributed by atoms with Gasteiger partial charge >= 0.3 is 0 Å². The summed E-state index contributed by atoms with van der Waals surface area (Å²) in [4.78, 5) is 0. The van der Waals surface area contributed by atoms with E-state index in [1.54, 1.807) is 0 Å². The Balaban J connectivity index is 1.59. The molecule has 2 rings (SSSR count). The molecule has 0 heterocycles. The van der Waals surface area contributed by atoms with Crippen molar-refractivity contribution in [3.8, 4) is 0 Å². The lowest BCUT2D eigenvalue weighted by molar-refractivity contribution is 0.271. The van der Waals surface area contributed by atoms with Crippen LogP contribution < -0.4 is 11.1 Å². The van der Waals surface area contributed by atoms with Gasteiger partial charge in [0.1, 0.15) is 0 Å². The van der Waals surface area contributed by atoms with Crippen molar-refractivity contribution in [1.82, 2.24) is 5.32 Å². The molecule has 0 aromatic heterocycles. The van der Waals surface area contributed by atoms with E-state index in [9.17, 15) is 0 Å². The summed E-state index contributed by atoms with van der Waals surface area (Å²) in [5.41, 5.74) is 7.29. The van der Waals surface area contributed by atoms with E-state index in [-0.39, 0.29) is 5.54 Å². The molecule has 0 saturated heterocycles. The van der Waals surface area contributed by atoms with Gasteiger partial charge in [-0.1, -0.05) is 32.6 Å². The molecular formula is C15H30N2. The first kappa shape index (κ1) is 13.4. The molecule has 2 fully saturated rings. The van der Waals surface area contributed by atoms with Gasteiger partial charge in [-0.2, -0.15) is 0 Å². The quantitative estimate of drug-likeness (QED) is 0.668. The van der Waals surface area contributed by atoms with Crippen molar-refractivity contribution >= 4 is 0 Å². The fourth-order valence-corrected chi connectivity index (χ4v) is 3.42. The lowest BCUT2D eigenvalue weighted by Gasteiger charge is -2.33. The fraction of sp³-hybridized carbons (Fsp3) is 1.00. The van der Waals surface area contributed by atoms with Crippen LogP contribution in [-0.2, 0) is 0 Å². The maximum atomic E-state index is 6.44. The van der Waals surface area contributed by atoms with Crippen LogP contribution in [0.1, 0.15) is 71.1 Å². The SMILES string of the molecule is CCCC1(CNCCC2(N)CCCCC2)CC1. The molecule has 0 aromatic carbocycles. The van der Waals surface area contributed by atoms with Crippen molar-refractivity contribution in [2.45, 2.75) is 76.7 Å². The third-order valence-corrected chi connectivity index (χ3v) is 4.89. The summed E-state index contributed by atoms with van der Waals surface area (Å²) in [6, 6.07) is 0. The van der Waals surface area contributed by atoms with E-state index in [0.717, 1.165) is 6.54 Å². The minimum Gasteiger partial charge on any atom is -0.325 e. The van der Waals surface area contributed by atoms with Crippen LogP contribution in [0.25, 0.3) is 0 Å². The predicted octanol–water partition coefficient (Wildman–Crippen LogP) is 3.21. The molecule has 3 N–H and O–H groups in total. The molecule has 0 aromatic rings. The van der Waals surface area contributed by atoms with Crippen LogP contribution >= 0.6 is 0 Å². The van der Waals surface area contributed by atoms with E-state index in [0.29, 0.717) is 5.41 Å². The summed E-state index contributed by atoms with van der Waals surface area (Å²) < 4.78 is 0. The predicted molar refractivity (Wildman–Crippen MR) is 74.1 cm³/mol. The number of hydrogen-bond donors (Lipinski definition) is 2. The molecule has 2 nitrogen and oxygen atoms in total. The Kier molecular flexibility index (Phi) is 4.48. The maximum Gasteiger partial charge on any atom is 0.0166 e. The minimum atomic E-state index is 0.159. The second-order valence-corrected chi connectivity index (χ2v) is 6.60. The van der Waals surface area contributed by atoms with Gasteiger partial charge in [-0.05, 0) is 50.5 Å². The largest absolute Gasteiger partial charge is 0.325 e. The second-order valence-electron chi connectivity index (χ2n) is 6.60. The van der Waals surface area contributed by atoms with E-state index in [1.165, 1.54) is 70.8 Å². The molecule has 0 unspecified atom stereocenters. The Bertz CT molecular complexity index is 227. The zero-order valence-corrected chi connectivity index (χ0v) is 11.6. The first-order valence-electron chi connectivity index (χ1n) is 7.68. The number of nitrogens with one attached hydrogen (secondary N) is 1. The highest BCUT2D eigenvalue weighted by atomic mass is 14.9. The smallest absolute Gasteiger partial charge is 0.0166 e. The van der Waals surface area contributed by atoms with Gasteiger partial charge in [0, 0.05) is 12.1 Å².